The van der Waals surface area contributed by atoms with Crippen LogP contribution in [0.4, 0.5) is 5.69 Å². The number of ether oxygens (including phenoxy) is 1. The summed E-state index contributed by atoms with van der Waals surface area (Å²) in [5.74, 6) is 1.34. The lowest BCUT2D eigenvalue weighted by molar-refractivity contribution is -0.136. The summed E-state index contributed by atoms with van der Waals surface area (Å²) >= 11 is 0. The van der Waals surface area contributed by atoms with Crippen molar-refractivity contribution in [2.45, 2.75) is 51.4 Å². The second kappa shape index (κ2) is 11.0. The zero-order chi connectivity index (χ0) is 21.3. The normalized spacial score (nSPS) is 16.2. The summed E-state index contributed by atoms with van der Waals surface area (Å²) in [7, 11) is 1.58. The fourth-order valence-electron chi connectivity index (χ4n) is 3.94. The molecule has 1 aromatic rings. The van der Waals surface area contributed by atoms with Crippen molar-refractivity contribution in [2.75, 3.05) is 32.1 Å². The zero-order valence-electron chi connectivity index (χ0n) is 17.8. The number of benzene rings is 1. The summed E-state index contributed by atoms with van der Waals surface area (Å²) in [6.45, 7) is 0.545. The first-order valence-electron chi connectivity index (χ1n) is 11.0. The maximum Gasteiger partial charge on any atom is 0.243 e. The van der Waals surface area contributed by atoms with Crippen molar-refractivity contribution in [3.8, 4) is 5.75 Å². The lowest BCUT2D eigenvalue weighted by Crippen LogP contribution is -2.43. The topological polar surface area (TPSA) is 87.7 Å². The van der Waals surface area contributed by atoms with E-state index in [0.717, 1.165) is 19.3 Å². The molecule has 2 fully saturated rings. The van der Waals surface area contributed by atoms with Gasteiger partial charge in [0.15, 0.2) is 0 Å². The van der Waals surface area contributed by atoms with E-state index in [4.69, 9.17) is 4.74 Å². The summed E-state index contributed by atoms with van der Waals surface area (Å²) in [6, 6.07) is 6.97. The Hall–Kier alpha value is -2.57. The van der Waals surface area contributed by atoms with Gasteiger partial charge in [0.1, 0.15) is 5.75 Å². The maximum absolute atomic E-state index is 12.7. The van der Waals surface area contributed by atoms with Crippen LogP contribution in [0.1, 0.15) is 51.4 Å². The van der Waals surface area contributed by atoms with E-state index in [0.29, 0.717) is 36.2 Å². The highest BCUT2D eigenvalue weighted by Crippen LogP contribution is 2.31. The van der Waals surface area contributed by atoms with Gasteiger partial charge in [0, 0.05) is 18.7 Å². The minimum absolute atomic E-state index is 0.0236. The minimum Gasteiger partial charge on any atom is -0.497 e. The van der Waals surface area contributed by atoms with E-state index in [1.54, 1.807) is 36.3 Å². The first-order chi connectivity index (χ1) is 14.5. The van der Waals surface area contributed by atoms with Gasteiger partial charge >= 0.3 is 0 Å². The van der Waals surface area contributed by atoms with Crippen molar-refractivity contribution in [2.24, 2.45) is 11.8 Å². The molecule has 2 saturated carbocycles. The molecule has 0 aliphatic heterocycles. The molecule has 7 heteroatoms. The van der Waals surface area contributed by atoms with E-state index < -0.39 is 0 Å². The van der Waals surface area contributed by atoms with Crippen molar-refractivity contribution in [1.82, 2.24) is 10.2 Å². The molecule has 0 bridgehead atoms. The lowest BCUT2D eigenvalue weighted by atomic mass is 10.0. The Kier molecular flexibility index (Phi) is 8.11. The first-order valence-corrected chi connectivity index (χ1v) is 11.0. The van der Waals surface area contributed by atoms with E-state index in [9.17, 15) is 14.4 Å². The molecule has 30 heavy (non-hydrogen) atoms. The molecule has 0 aromatic heterocycles. The average Bonchev–Trinajstić information content (AvgIpc) is 3.41. The van der Waals surface area contributed by atoms with E-state index in [1.165, 1.54) is 25.7 Å². The molecule has 3 rings (SSSR count). The van der Waals surface area contributed by atoms with E-state index in [2.05, 4.69) is 10.6 Å². The number of rotatable bonds is 11. The second-order valence-electron chi connectivity index (χ2n) is 8.46. The standard InChI is InChI=1S/C23H33N3O4/c1-30-20-11-9-19(10-12-20)25-21(27)14-24-22(28)16-26(15-18-6-7-18)23(29)13-8-17-4-2-3-5-17/h9-12,17-18H,2-8,13-16H2,1H3,(H,24,28)(H,25,27). The van der Waals surface area contributed by atoms with Crippen molar-refractivity contribution in [3.63, 3.8) is 0 Å². The summed E-state index contributed by atoms with van der Waals surface area (Å²) in [4.78, 5) is 38.8. The molecular formula is C23H33N3O4. The van der Waals surface area contributed by atoms with E-state index in [1.807, 2.05) is 0 Å². The number of carbonyl (C=O) groups is 3. The summed E-state index contributed by atoms with van der Waals surface area (Å²) in [6.07, 6.45) is 8.67. The summed E-state index contributed by atoms with van der Waals surface area (Å²) < 4.78 is 5.09. The highest BCUT2D eigenvalue weighted by Gasteiger charge is 2.28. The third kappa shape index (κ3) is 7.35. The number of carbonyl (C=O) groups excluding carboxylic acids is 3. The zero-order valence-corrected chi connectivity index (χ0v) is 17.8. The van der Waals surface area contributed by atoms with Crippen LogP contribution in [0.5, 0.6) is 5.75 Å². The number of hydrogen-bond acceptors (Lipinski definition) is 4. The molecule has 2 N–H and O–H groups in total. The smallest absolute Gasteiger partial charge is 0.243 e. The van der Waals surface area contributed by atoms with Crippen LogP contribution < -0.4 is 15.4 Å². The van der Waals surface area contributed by atoms with Crippen molar-refractivity contribution < 1.29 is 19.1 Å². The van der Waals surface area contributed by atoms with Gasteiger partial charge in [-0.1, -0.05) is 25.7 Å². The van der Waals surface area contributed by atoms with Gasteiger partial charge in [0.25, 0.3) is 0 Å². The lowest BCUT2D eigenvalue weighted by Gasteiger charge is -2.23. The van der Waals surface area contributed by atoms with Gasteiger partial charge < -0.3 is 20.3 Å². The second-order valence-corrected chi connectivity index (χ2v) is 8.46. The predicted molar refractivity (Wildman–Crippen MR) is 115 cm³/mol. The van der Waals surface area contributed by atoms with Crippen LogP contribution in [0.15, 0.2) is 24.3 Å². The fourth-order valence-corrected chi connectivity index (χ4v) is 3.94. The van der Waals surface area contributed by atoms with Crippen molar-refractivity contribution in [3.05, 3.63) is 24.3 Å². The Morgan fingerprint density at radius 3 is 2.33 bits per heavy atom. The van der Waals surface area contributed by atoms with Crippen molar-refractivity contribution in [1.29, 1.82) is 0 Å². The van der Waals surface area contributed by atoms with Crippen LogP contribution in [-0.4, -0.2) is 49.4 Å². The Bertz CT molecular complexity index is 724. The number of methoxy groups -OCH3 is 1. The molecule has 0 unspecified atom stereocenters. The van der Waals surface area contributed by atoms with Crippen molar-refractivity contribution >= 4 is 23.4 Å². The van der Waals surface area contributed by atoms with Gasteiger partial charge in [-0.15, -0.1) is 0 Å². The number of hydrogen-bond donors (Lipinski definition) is 2. The Labute approximate surface area is 178 Å². The van der Waals surface area contributed by atoms with Gasteiger partial charge in [-0.2, -0.15) is 0 Å². The largest absolute Gasteiger partial charge is 0.497 e. The molecule has 0 saturated heterocycles. The molecule has 2 aliphatic carbocycles. The molecule has 0 heterocycles. The number of nitrogens with one attached hydrogen (secondary N) is 2. The Balaban J connectivity index is 1.41. The number of anilines is 1. The van der Waals surface area contributed by atoms with Gasteiger partial charge in [0.2, 0.25) is 17.7 Å². The van der Waals surface area contributed by atoms with Gasteiger partial charge in [0.05, 0.1) is 20.2 Å². The van der Waals surface area contributed by atoms with Gasteiger partial charge in [-0.3, -0.25) is 14.4 Å². The predicted octanol–water partition coefficient (Wildman–Crippen LogP) is 2.96. The average molecular weight is 416 g/mol. The first kappa shape index (κ1) is 22.1. The van der Waals surface area contributed by atoms with Crippen LogP contribution in [0, 0.1) is 11.8 Å². The molecule has 164 valence electrons. The van der Waals surface area contributed by atoms with Crippen LogP contribution in [-0.2, 0) is 14.4 Å². The van der Waals surface area contributed by atoms with E-state index >= 15 is 0 Å². The highest BCUT2D eigenvalue weighted by molar-refractivity contribution is 5.95. The Morgan fingerprint density at radius 2 is 1.70 bits per heavy atom. The monoisotopic (exact) mass is 415 g/mol. The van der Waals surface area contributed by atoms with Crippen LogP contribution in [0.2, 0.25) is 0 Å². The third-order valence-corrected chi connectivity index (χ3v) is 5.92. The molecule has 0 atom stereocenters. The quantitative estimate of drug-likeness (QED) is 0.582. The van der Waals surface area contributed by atoms with Crippen LogP contribution in [0.25, 0.3) is 0 Å². The summed E-state index contributed by atoms with van der Waals surface area (Å²) in [5.41, 5.74) is 0.632. The minimum atomic E-state index is -0.310. The van der Waals surface area contributed by atoms with Gasteiger partial charge in [-0.25, -0.2) is 0 Å². The fraction of sp³-hybridized carbons (Fsp3) is 0.609. The molecular weight excluding hydrogens is 382 g/mol. The number of nitrogens with zero attached hydrogens (tertiary/aromatic N) is 1. The molecule has 3 amide bonds. The summed E-state index contributed by atoms with van der Waals surface area (Å²) in [5, 5.41) is 5.36. The number of amides is 3. The Morgan fingerprint density at radius 1 is 1.00 bits per heavy atom. The highest BCUT2D eigenvalue weighted by atomic mass is 16.5. The third-order valence-electron chi connectivity index (χ3n) is 5.92. The molecule has 2 aliphatic rings. The molecule has 1 aromatic carbocycles. The van der Waals surface area contributed by atoms with Crippen LogP contribution in [0.3, 0.4) is 0 Å². The maximum atomic E-state index is 12.7. The SMILES string of the molecule is COc1ccc(NC(=O)CNC(=O)CN(CC2CC2)C(=O)CCC2CCCC2)cc1. The van der Waals surface area contributed by atoms with E-state index in [-0.39, 0.29) is 30.8 Å². The molecule has 7 nitrogen and oxygen atoms in total. The van der Waals surface area contributed by atoms with Crippen LogP contribution >= 0.6 is 0 Å². The molecule has 0 spiro atoms. The van der Waals surface area contributed by atoms with Gasteiger partial charge in [-0.05, 0) is 55.4 Å². The molecule has 0 radical (unpaired) electrons.